The van der Waals surface area contributed by atoms with Crippen molar-refractivity contribution in [1.82, 2.24) is 4.40 Å². The lowest BCUT2D eigenvalue weighted by Crippen LogP contribution is -2.28. The molecule has 0 aliphatic carbocycles. The monoisotopic (exact) mass is 321 g/mol. The first-order valence-electron chi connectivity index (χ1n) is 8.70. The highest BCUT2D eigenvalue weighted by Crippen LogP contribution is 2.39. The van der Waals surface area contributed by atoms with Gasteiger partial charge in [-0.3, -0.25) is 0 Å². The first-order chi connectivity index (χ1) is 12.3. The van der Waals surface area contributed by atoms with E-state index >= 15 is 0 Å². The quantitative estimate of drug-likeness (QED) is 0.208. The van der Waals surface area contributed by atoms with Crippen LogP contribution in [0.4, 0.5) is 0 Å². The number of pyridine rings is 2. The van der Waals surface area contributed by atoms with Gasteiger partial charge in [0.1, 0.15) is 12.6 Å². The third-order valence-electron chi connectivity index (χ3n) is 5.67. The smallest absolute Gasteiger partial charge is 0.238 e. The maximum atomic E-state index is 2.45. The van der Waals surface area contributed by atoms with Gasteiger partial charge in [0.05, 0.1) is 16.4 Å². The fourth-order valence-corrected chi connectivity index (χ4v) is 4.60. The number of nitrogens with zero attached hydrogens (tertiary/aromatic N) is 2. The average molecular weight is 321 g/mol. The summed E-state index contributed by atoms with van der Waals surface area (Å²) < 4.78 is 4.73. The lowest BCUT2D eigenvalue weighted by molar-refractivity contribution is -0.644. The van der Waals surface area contributed by atoms with Crippen LogP contribution in [0, 0.1) is 6.92 Å². The van der Waals surface area contributed by atoms with E-state index in [2.05, 4.69) is 89.8 Å². The molecule has 0 amide bonds. The Kier molecular flexibility index (Phi) is 2.26. The second kappa shape index (κ2) is 4.28. The zero-order valence-electron chi connectivity index (χ0n) is 14.2. The molecule has 0 saturated carbocycles. The molecule has 3 aromatic heterocycles. The van der Waals surface area contributed by atoms with Crippen LogP contribution in [0.3, 0.4) is 0 Å². The molecule has 0 aliphatic heterocycles. The minimum atomic E-state index is 1.28. The van der Waals surface area contributed by atoms with Gasteiger partial charge in [-0.25, -0.2) is 0 Å². The number of hydrogen-bond acceptors (Lipinski definition) is 0. The number of aryl methyl sites for hydroxylation is 2. The van der Waals surface area contributed by atoms with Gasteiger partial charge in [-0.1, -0.05) is 42.5 Å². The predicted molar refractivity (Wildman–Crippen MR) is 105 cm³/mol. The molecule has 0 spiro atoms. The zero-order valence-corrected chi connectivity index (χ0v) is 14.2. The number of aromatic nitrogens is 2. The van der Waals surface area contributed by atoms with Crippen molar-refractivity contribution < 1.29 is 4.57 Å². The summed E-state index contributed by atoms with van der Waals surface area (Å²) in [5.74, 6) is 0. The molecule has 3 aromatic carbocycles. The molecule has 3 heterocycles. The molecule has 0 unspecified atom stereocenters. The van der Waals surface area contributed by atoms with E-state index in [-0.39, 0.29) is 0 Å². The summed E-state index contributed by atoms with van der Waals surface area (Å²) in [4.78, 5) is 0. The van der Waals surface area contributed by atoms with Gasteiger partial charge in [0.2, 0.25) is 5.52 Å². The third kappa shape index (κ3) is 1.44. The van der Waals surface area contributed by atoms with E-state index < -0.39 is 0 Å². The Morgan fingerprint density at radius 2 is 1.60 bits per heavy atom. The maximum Gasteiger partial charge on any atom is 0.238 e. The summed E-state index contributed by atoms with van der Waals surface area (Å²) in [7, 11) is 2.16. The Morgan fingerprint density at radius 1 is 0.760 bits per heavy atom. The summed E-state index contributed by atoms with van der Waals surface area (Å²) in [6.45, 7) is 2.22. The Hall–Kier alpha value is -3.13. The molecule has 118 valence electrons. The van der Waals surface area contributed by atoms with Crippen molar-refractivity contribution >= 4 is 49.0 Å². The second-order valence-electron chi connectivity index (χ2n) is 7.02. The molecule has 0 radical (unpaired) electrons. The molecule has 0 fully saturated rings. The summed E-state index contributed by atoms with van der Waals surface area (Å²) in [6.07, 6.45) is 2.20. The Bertz CT molecular complexity index is 1450. The largest absolute Gasteiger partial charge is 0.303 e. The van der Waals surface area contributed by atoms with Gasteiger partial charge in [-0.05, 0) is 30.0 Å². The summed E-state index contributed by atoms with van der Waals surface area (Å²) in [5, 5.41) is 6.69. The van der Waals surface area contributed by atoms with Gasteiger partial charge in [0.15, 0.2) is 6.20 Å². The van der Waals surface area contributed by atoms with E-state index in [1.54, 1.807) is 0 Å². The van der Waals surface area contributed by atoms with Gasteiger partial charge in [-0.15, -0.1) is 0 Å². The maximum absolute atomic E-state index is 2.45. The Balaban J connectivity index is 2.18. The van der Waals surface area contributed by atoms with Crippen LogP contribution in [0.5, 0.6) is 0 Å². The van der Waals surface area contributed by atoms with E-state index in [1.165, 1.54) is 54.6 Å². The SMILES string of the molecule is Cc1ccc2cccc3c2c1c1c2c(cc[n+]1C)c1ccccc1n32. The summed E-state index contributed by atoms with van der Waals surface area (Å²) >= 11 is 0. The van der Waals surface area contributed by atoms with Crippen LogP contribution in [0.15, 0.2) is 66.9 Å². The fourth-order valence-electron chi connectivity index (χ4n) is 4.60. The van der Waals surface area contributed by atoms with Crippen LogP contribution in [0.25, 0.3) is 49.0 Å². The second-order valence-corrected chi connectivity index (χ2v) is 7.02. The van der Waals surface area contributed by atoms with E-state index in [0.717, 1.165) is 0 Å². The van der Waals surface area contributed by atoms with E-state index in [1.807, 2.05) is 0 Å². The van der Waals surface area contributed by atoms with E-state index in [0.29, 0.717) is 0 Å². The van der Waals surface area contributed by atoms with Crippen LogP contribution in [-0.4, -0.2) is 4.40 Å². The number of para-hydroxylation sites is 1. The van der Waals surface area contributed by atoms with Crippen LogP contribution in [0.2, 0.25) is 0 Å². The van der Waals surface area contributed by atoms with Gasteiger partial charge < -0.3 is 4.40 Å². The topological polar surface area (TPSA) is 8.29 Å². The summed E-state index contributed by atoms with van der Waals surface area (Å²) in [5.41, 5.74) is 6.54. The highest BCUT2D eigenvalue weighted by atomic mass is 15.0. The van der Waals surface area contributed by atoms with Gasteiger partial charge in [-0.2, -0.15) is 4.57 Å². The minimum Gasteiger partial charge on any atom is -0.303 e. The summed E-state index contributed by atoms with van der Waals surface area (Å²) in [6, 6.07) is 22.1. The number of benzene rings is 3. The molecule has 6 aromatic rings. The Labute approximate surface area is 144 Å². The molecule has 25 heavy (non-hydrogen) atoms. The molecule has 2 nitrogen and oxygen atoms in total. The van der Waals surface area contributed by atoms with Crippen molar-refractivity contribution in [2.75, 3.05) is 0 Å². The number of fused-ring (bicyclic) bond motifs is 5. The lowest BCUT2D eigenvalue weighted by atomic mass is 9.98. The van der Waals surface area contributed by atoms with E-state index in [4.69, 9.17) is 0 Å². The molecule has 6 rings (SSSR count). The Morgan fingerprint density at radius 3 is 2.52 bits per heavy atom. The average Bonchev–Trinajstić information content (AvgIpc) is 2.97. The molecule has 0 bridgehead atoms. The predicted octanol–water partition coefficient (Wildman–Crippen LogP) is 5.12. The molecule has 0 N–H and O–H groups in total. The number of rotatable bonds is 0. The van der Waals surface area contributed by atoms with Crippen LogP contribution in [-0.2, 0) is 7.05 Å². The molecule has 0 saturated heterocycles. The highest BCUT2D eigenvalue weighted by Gasteiger charge is 2.23. The normalized spacial score (nSPS) is 12.4. The first-order valence-corrected chi connectivity index (χ1v) is 8.70. The van der Waals surface area contributed by atoms with Crippen LogP contribution >= 0.6 is 0 Å². The van der Waals surface area contributed by atoms with Crippen LogP contribution in [0.1, 0.15) is 5.56 Å². The van der Waals surface area contributed by atoms with Crippen LogP contribution < -0.4 is 4.57 Å². The highest BCUT2D eigenvalue weighted by molar-refractivity contribution is 6.25. The van der Waals surface area contributed by atoms with E-state index in [9.17, 15) is 0 Å². The lowest BCUT2D eigenvalue weighted by Gasteiger charge is -2.12. The van der Waals surface area contributed by atoms with Gasteiger partial charge in [0, 0.05) is 22.2 Å². The van der Waals surface area contributed by atoms with Gasteiger partial charge >= 0.3 is 0 Å². The zero-order chi connectivity index (χ0) is 16.7. The number of hydrogen-bond donors (Lipinski definition) is 0. The van der Waals surface area contributed by atoms with Crippen molar-refractivity contribution in [1.29, 1.82) is 0 Å². The first kappa shape index (κ1) is 13.2. The minimum absolute atomic E-state index is 1.28. The standard InChI is InChI=1S/C23H17N2/c1-14-10-11-15-6-5-9-19-21(15)20(14)23-22-17(12-13-24(23)2)16-7-3-4-8-18(16)25(19)22/h3-13H,1-2H3/q+1. The van der Waals surface area contributed by atoms with Gasteiger partial charge in [0.25, 0.3) is 0 Å². The molecule has 0 aliphatic rings. The third-order valence-corrected chi connectivity index (χ3v) is 5.67. The van der Waals surface area contributed by atoms with Crippen molar-refractivity contribution in [2.24, 2.45) is 7.05 Å². The van der Waals surface area contributed by atoms with Crippen molar-refractivity contribution in [3.05, 3.63) is 72.4 Å². The molecule has 0 atom stereocenters. The molecular formula is C23H17N2+. The molecular weight excluding hydrogens is 304 g/mol. The van der Waals surface area contributed by atoms with Crippen molar-refractivity contribution in [3.8, 4) is 0 Å². The fraction of sp³-hybridized carbons (Fsp3) is 0.0870. The molecule has 2 heteroatoms. The van der Waals surface area contributed by atoms with Crippen molar-refractivity contribution in [2.45, 2.75) is 6.92 Å². The van der Waals surface area contributed by atoms with Crippen molar-refractivity contribution in [3.63, 3.8) is 0 Å².